The molecule has 1 unspecified atom stereocenters. The second kappa shape index (κ2) is 9.25. The van der Waals surface area contributed by atoms with Gasteiger partial charge in [-0.1, -0.05) is 18.2 Å². The summed E-state index contributed by atoms with van der Waals surface area (Å²) in [5, 5.41) is 18.9. The first-order valence-electron chi connectivity index (χ1n) is 9.70. The van der Waals surface area contributed by atoms with Crippen LogP contribution in [-0.2, 0) is 22.2 Å². The standard InChI is InChI=1S/C20H28N4O3S2/c1-3-21-19(23-14-20(2,25)18-5-4-12-28-18)22-13-15-6-10-17(11-7-15)29(26,27)24-16-8-9-16/h4-7,10-12,16,24-25H,3,8-9,13-14H2,1-2H3,(H2,21,22,23). The predicted octanol–water partition coefficient (Wildman–Crippen LogP) is 2.15. The highest BCUT2D eigenvalue weighted by Crippen LogP contribution is 2.24. The zero-order valence-corrected chi connectivity index (χ0v) is 18.3. The molecule has 1 heterocycles. The molecular formula is C20H28N4O3S2. The lowest BCUT2D eigenvalue weighted by Crippen LogP contribution is -2.44. The fourth-order valence-corrected chi connectivity index (χ4v) is 4.79. The number of nitrogens with one attached hydrogen (secondary N) is 3. The lowest BCUT2D eigenvalue weighted by molar-refractivity contribution is 0.0655. The second-order valence-corrected chi connectivity index (χ2v) is 10.0. The van der Waals surface area contributed by atoms with E-state index in [1.165, 1.54) is 11.3 Å². The van der Waals surface area contributed by atoms with Gasteiger partial charge < -0.3 is 15.7 Å². The molecule has 0 aliphatic heterocycles. The minimum absolute atomic E-state index is 0.0874. The van der Waals surface area contributed by atoms with Gasteiger partial charge >= 0.3 is 0 Å². The van der Waals surface area contributed by atoms with E-state index >= 15 is 0 Å². The van der Waals surface area contributed by atoms with Crippen LogP contribution in [0.25, 0.3) is 0 Å². The van der Waals surface area contributed by atoms with Crippen molar-refractivity contribution in [2.45, 2.75) is 49.8 Å². The first-order chi connectivity index (χ1) is 13.8. The maximum Gasteiger partial charge on any atom is 0.240 e. The second-order valence-electron chi connectivity index (χ2n) is 7.34. The Morgan fingerprint density at radius 3 is 2.55 bits per heavy atom. The van der Waals surface area contributed by atoms with Crippen molar-refractivity contribution in [3.05, 3.63) is 52.2 Å². The number of sulfonamides is 1. The third-order valence-corrected chi connectivity index (χ3v) is 7.21. The molecule has 158 valence electrons. The number of benzene rings is 1. The van der Waals surface area contributed by atoms with Crippen LogP contribution in [0, 0.1) is 0 Å². The van der Waals surface area contributed by atoms with Crippen LogP contribution >= 0.6 is 11.3 Å². The molecule has 29 heavy (non-hydrogen) atoms. The highest BCUT2D eigenvalue weighted by Gasteiger charge is 2.28. The van der Waals surface area contributed by atoms with Crippen molar-refractivity contribution in [2.24, 2.45) is 4.99 Å². The van der Waals surface area contributed by atoms with Gasteiger partial charge in [0.25, 0.3) is 0 Å². The van der Waals surface area contributed by atoms with Crippen LogP contribution in [0.4, 0.5) is 0 Å². The van der Waals surface area contributed by atoms with Crippen LogP contribution in [0.1, 0.15) is 37.1 Å². The van der Waals surface area contributed by atoms with Gasteiger partial charge in [-0.3, -0.25) is 0 Å². The van der Waals surface area contributed by atoms with Crippen molar-refractivity contribution in [1.82, 2.24) is 15.4 Å². The Morgan fingerprint density at radius 1 is 1.24 bits per heavy atom. The van der Waals surface area contributed by atoms with Gasteiger partial charge in [-0.25, -0.2) is 18.1 Å². The van der Waals surface area contributed by atoms with Gasteiger partial charge in [0.1, 0.15) is 5.60 Å². The van der Waals surface area contributed by atoms with Crippen molar-refractivity contribution < 1.29 is 13.5 Å². The van der Waals surface area contributed by atoms with Gasteiger partial charge in [0, 0.05) is 17.5 Å². The molecule has 1 atom stereocenters. The summed E-state index contributed by atoms with van der Waals surface area (Å²) >= 11 is 1.51. The molecule has 0 spiro atoms. The Kier molecular flexibility index (Phi) is 6.94. The highest BCUT2D eigenvalue weighted by molar-refractivity contribution is 7.89. The van der Waals surface area contributed by atoms with E-state index in [1.54, 1.807) is 31.2 Å². The molecule has 1 saturated carbocycles. The monoisotopic (exact) mass is 436 g/mol. The normalized spacial score (nSPS) is 17.0. The SMILES string of the molecule is CCNC(=NCc1ccc(S(=O)(=O)NC2CC2)cc1)NCC(C)(O)c1cccs1. The van der Waals surface area contributed by atoms with E-state index in [-0.39, 0.29) is 10.9 Å². The van der Waals surface area contributed by atoms with E-state index in [0.717, 1.165) is 23.3 Å². The number of nitrogens with zero attached hydrogens (tertiary/aromatic N) is 1. The van der Waals surface area contributed by atoms with Crippen molar-refractivity contribution in [3.63, 3.8) is 0 Å². The van der Waals surface area contributed by atoms with Gasteiger partial charge in [-0.2, -0.15) is 0 Å². The van der Waals surface area contributed by atoms with Crippen LogP contribution in [0.5, 0.6) is 0 Å². The summed E-state index contributed by atoms with van der Waals surface area (Å²) in [5.74, 6) is 0.594. The van der Waals surface area contributed by atoms with Crippen LogP contribution in [-0.4, -0.2) is 38.6 Å². The number of hydrogen-bond acceptors (Lipinski definition) is 5. The highest BCUT2D eigenvalue weighted by atomic mass is 32.2. The number of hydrogen-bond donors (Lipinski definition) is 4. The van der Waals surface area contributed by atoms with Gasteiger partial charge in [-0.05, 0) is 55.8 Å². The van der Waals surface area contributed by atoms with Gasteiger partial charge in [-0.15, -0.1) is 11.3 Å². The van der Waals surface area contributed by atoms with E-state index in [9.17, 15) is 13.5 Å². The van der Waals surface area contributed by atoms with E-state index in [0.29, 0.717) is 25.6 Å². The zero-order chi connectivity index (χ0) is 20.9. The summed E-state index contributed by atoms with van der Waals surface area (Å²) in [7, 11) is -3.44. The molecule has 0 bridgehead atoms. The number of thiophene rings is 1. The largest absolute Gasteiger partial charge is 0.383 e. The minimum atomic E-state index is -3.44. The summed E-state index contributed by atoms with van der Waals surface area (Å²) in [5.41, 5.74) is -0.0906. The molecule has 9 heteroatoms. The average Bonchev–Trinajstić information content (AvgIpc) is 3.30. The molecular weight excluding hydrogens is 408 g/mol. The van der Waals surface area contributed by atoms with Gasteiger partial charge in [0.2, 0.25) is 10.0 Å². The smallest absolute Gasteiger partial charge is 0.240 e. The van der Waals surface area contributed by atoms with Crippen LogP contribution in [0.2, 0.25) is 0 Å². The molecule has 0 saturated heterocycles. The molecule has 2 aromatic rings. The molecule has 0 radical (unpaired) electrons. The molecule has 3 rings (SSSR count). The predicted molar refractivity (Wildman–Crippen MR) is 116 cm³/mol. The summed E-state index contributed by atoms with van der Waals surface area (Å²) in [6, 6.07) is 10.7. The first kappa shape index (κ1) is 21.8. The summed E-state index contributed by atoms with van der Waals surface area (Å²) < 4.78 is 27.2. The van der Waals surface area contributed by atoms with Gasteiger partial charge in [0.15, 0.2) is 5.96 Å². The van der Waals surface area contributed by atoms with Gasteiger partial charge in [0.05, 0.1) is 18.0 Å². The lowest BCUT2D eigenvalue weighted by Gasteiger charge is -2.23. The maximum atomic E-state index is 12.2. The van der Waals surface area contributed by atoms with Crippen LogP contribution in [0.3, 0.4) is 0 Å². The maximum absolute atomic E-state index is 12.2. The number of rotatable bonds is 9. The van der Waals surface area contributed by atoms with E-state index in [2.05, 4.69) is 20.3 Å². The molecule has 1 aliphatic carbocycles. The number of aliphatic imine (C=N–C) groups is 1. The van der Waals surface area contributed by atoms with Crippen molar-refractivity contribution >= 4 is 27.3 Å². The topological polar surface area (TPSA) is 103 Å². The van der Waals surface area contributed by atoms with E-state index in [4.69, 9.17) is 0 Å². The molecule has 1 aliphatic rings. The third-order valence-electron chi connectivity index (χ3n) is 4.55. The Labute approximate surface area is 176 Å². The first-order valence-corrected chi connectivity index (χ1v) is 12.1. The van der Waals surface area contributed by atoms with Crippen molar-refractivity contribution in [3.8, 4) is 0 Å². The Bertz CT molecular complexity index is 919. The Hall–Kier alpha value is -1.94. The average molecular weight is 437 g/mol. The molecule has 1 aromatic carbocycles. The van der Waals surface area contributed by atoms with Crippen molar-refractivity contribution in [2.75, 3.05) is 13.1 Å². The lowest BCUT2D eigenvalue weighted by atomic mass is 10.1. The van der Waals surface area contributed by atoms with Crippen LogP contribution < -0.4 is 15.4 Å². The number of aliphatic hydroxyl groups is 1. The van der Waals surface area contributed by atoms with E-state index < -0.39 is 15.6 Å². The minimum Gasteiger partial charge on any atom is -0.383 e. The summed E-state index contributed by atoms with van der Waals surface area (Å²) in [6.45, 7) is 5.15. The molecule has 1 fully saturated rings. The molecule has 4 N–H and O–H groups in total. The van der Waals surface area contributed by atoms with E-state index in [1.807, 2.05) is 24.4 Å². The molecule has 0 amide bonds. The fraction of sp³-hybridized carbons (Fsp3) is 0.450. The quantitative estimate of drug-likeness (QED) is 0.356. The fourth-order valence-electron chi connectivity index (χ4n) is 2.70. The Morgan fingerprint density at radius 2 is 1.97 bits per heavy atom. The summed E-state index contributed by atoms with van der Waals surface area (Å²) in [4.78, 5) is 5.70. The Balaban J connectivity index is 1.60. The third kappa shape index (κ3) is 6.27. The van der Waals surface area contributed by atoms with Crippen LogP contribution in [0.15, 0.2) is 51.7 Å². The zero-order valence-electron chi connectivity index (χ0n) is 16.7. The molecule has 1 aromatic heterocycles. The molecule has 7 nitrogen and oxygen atoms in total. The summed E-state index contributed by atoms with van der Waals surface area (Å²) in [6.07, 6.45) is 1.82. The number of guanidine groups is 1. The van der Waals surface area contributed by atoms with Crippen molar-refractivity contribution in [1.29, 1.82) is 0 Å².